The van der Waals surface area contributed by atoms with Gasteiger partial charge < -0.3 is 43.2 Å². The Bertz CT molecular complexity index is 1130. The number of benzene rings is 2. The van der Waals surface area contributed by atoms with Crippen LogP contribution in [-0.4, -0.2) is 104 Å². The molecular formula is C31H40F3NO10. The van der Waals surface area contributed by atoms with E-state index in [1.165, 1.54) is 18.2 Å². The number of rotatable bonds is 25. The van der Waals surface area contributed by atoms with E-state index in [-0.39, 0.29) is 31.1 Å². The Labute approximate surface area is 260 Å². The van der Waals surface area contributed by atoms with E-state index in [0.29, 0.717) is 78.4 Å². The van der Waals surface area contributed by atoms with Gasteiger partial charge in [-0.2, -0.15) is 13.2 Å². The number of carbonyl (C=O) groups excluding carboxylic acids is 2. The highest BCUT2D eigenvalue weighted by molar-refractivity contribution is 5.96. The van der Waals surface area contributed by atoms with Crippen LogP contribution in [0.3, 0.4) is 0 Å². The molecule has 2 aromatic rings. The van der Waals surface area contributed by atoms with Crippen LogP contribution in [0.15, 0.2) is 61.2 Å². The minimum Gasteiger partial charge on any atom is -0.460 e. The van der Waals surface area contributed by atoms with Gasteiger partial charge in [-0.05, 0) is 30.3 Å². The van der Waals surface area contributed by atoms with Crippen LogP contribution < -0.4 is 5.32 Å². The summed E-state index contributed by atoms with van der Waals surface area (Å²) in [5, 5.41) is 2.85. The summed E-state index contributed by atoms with van der Waals surface area (Å²) < 4.78 is 81.3. The first-order chi connectivity index (χ1) is 21.8. The zero-order valence-corrected chi connectivity index (χ0v) is 25.0. The van der Waals surface area contributed by atoms with Crippen LogP contribution in [0.4, 0.5) is 24.5 Å². The molecule has 0 bridgehead atoms. The van der Waals surface area contributed by atoms with E-state index in [4.69, 9.17) is 37.9 Å². The molecule has 0 aliphatic rings. The van der Waals surface area contributed by atoms with Gasteiger partial charge in [0.05, 0.1) is 96.1 Å². The second-order valence-electron chi connectivity index (χ2n) is 8.93. The standard InChI is InChI=1S/C31H40F3NO10/c1-2-29(36)44-22-20-42-18-16-40-14-12-38-10-11-39-13-15-41-17-19-43-21-23-45-30(37)27-8-3-4-9-28(27)35-26-7-5-6-25(24-26)31(32,33)34/h2-9,24,35H,1,10-23H2. The fraction of sp³-hybridized carbons (Fsp3) is 0.484. The third kappa shape index (κ3) is 17.5. The largest absolute Gasteiger partial charge is 0.460 e. The second kappa shape index (κ2) is 22.9. The number of anilines is 2. The maximum Gasteiger partial charge on any atom is 0.416 e. The van der Waals surface area contributed by atoms with Crippen LogP contribution in [0, 0.1) is 0 Å². The van der Waals surface area contributed by atoms with Gasteiger partial charge in [0.15, 0.2) is 0 Å². The van der Waals surface area contributed by atoms with Crippen LogP contribution in [0.5, 0.6) is 0 Å². The predicted molar refractivity (Wildman–Crippen MR) is 158 cm³/mol. The SMILES string of the molecule is C=CC(=O)OCCOCCOCCOCCOCCOCCOCCOC(=O)c1ccccc1Nc1cccc(C(F)(F)F)c1. The van der Waals surface area contributed by atoms with E-state index in [9.17, 15) is 22.8 Å². The van der Waals surface area contributed by atoms with Gasteiger partial charge in [-0.15, -0.1) is 0 Å². The number of hydrogen-bond acceptors (Lipinski definition) is 11. The van der Waals surface area contributed by atoms with E-state index in [2.05, 4.69) is 11.9 Å². The molecule has 0 aromatic heterocycles. The van der Waals surface area contributed by atoms with Gasteiger partial charge in [0, 0.05) is 11.8 Å². The van der Waals surface area contributed by atoms with E-state index in [0.717, 1.165) is 18.2 Å². The van der Waals surface area contributed by atoms with Gasteiger partial charge in [-0.3, -0.25) is 0 Å². The number of alkyl halides is 3. The summed E-state index contributed by atoms with van der Waals surface area (Å²) in [4.78, 5) is 23.4. The highest BCUT2D eigenvalue weighted by atomic mass is 19.4. The number of carbonyl (C=O) groups is 2. The number of nitrogens with one attached hydrogen (secondary N) is 1. The summed E-state index contributed by atoms with van der Waals surface area (Å²) in [6, 6.07) is 11.1. The van der Waals surface area contributed by atoms with E-state index in [1.54, 1.807) is 18.2 Å². The lowest BCUT2D eigenvalue weighted by molar-refractivity contribution is -0.139. The topological polar surface area (TPSA) is 120 Å². The Morgan fingerprint density at radius 2 is 1.11 bits per heavy atom. The fourth-order valence-electron chi connectivity index (χ4n) is 3.43. The van der Waals surface area contributed by atoms with Crippen molar-refractivity contribution in [1.82, 2.24) is 0 Å². The van der Waals surface area contributed by atoms with Crippen LogP contribution >= 0.6 is 0 Å². The number of ether oxygens (including phenoxy) is 8. The highest BCUT2D eigenvalue weighted by Crippen LogP contribution is 2.32. The Kier molecular flexibility index (Phi) is 19.2. The molecule has 0 saturated heterocycles. The van der Waals surface area contributed by atoms with Crippen LogP contribution in [0.1, 0.15) is 15.9 Å². The minimum atomic E-state index is -4.48. The fourth-order valence-corrected chi connectivity index (χ4v) is 3.43. The van der Waals surface area contributed by atoms with Crippen LogP contribution in [0.2, 0.25) is 0 Å². The molecule has 0 heterocycles. The zero-order chi connectivity index (χ0) is 32.6. The van der Waals surface area contributed by atoms with E-state index in [1.807, 2.05) is 0 Å². The first kappa shape index (κ1) is 37.7. The van der Waals surface area contributed by atoms with Crippen molar-refractivity contribution in [3.8, 4) is 0 Å². The molecule has 0 atom stereocenters. The molecule has 0 amide bonds. The normalized spacial score (nSPS) is 11.3. The molecule has 0 spiro atoms. The van der Waals surface area contributed by atoms with Crippen molar-refractivity contribution in [3.05, 3.63) is 72.3 Å². The molecule has 0 unspecified atom stereocenters. The molecule has 0 fully saturated rings. The molecule has 11 nitrogen and oxygen atoms in total. The Morgan fingerprint density at radius 1 is 0.644 bits per heavy atom. The quantitative estimate of drug-likeness (QED) is 0.0940. The lowest BCUT2D eigenvalue weighted by Gasteiger charge is -2.13. The minimum absolute atomic E-state index is 0.00627. The van der Waals surface area contributed by atoms with Gasteiger partial charge in [-0.1, -0.05) is 24.8 Å². The van der Waals surface area contributed by atoms with Crippen LogP contribution in [0.25, 0.3) is 0 Å². The number of para-hydroxylation sites is 1. The third-order valence-electron chi connectivity index (χ3n) is 5.58. The second-order valence-corrected chi connectivity index (χ2v) is 8.93. The van der Waals surface area contributed by atoms with E-state index < -0.39 is 23.7 Å². The summed E-state index contributed by atoms with van der Waals surface area (Å²) in [6.45, 7) is 7.77. The highest BCUT2D eigenvalue weighted by Gasteiger charge is 2.30. The Hall–Kier alpha value is -3.53. The van der Waals surface area contributed by atoms with Gasteiger partial charge in [0.2, 0.25) is 0 Å². The van der Waals surface area contributed by atoms with Gasteiger partial charge in [-0.25, -0.2) is 9.59 Å². The molecule has 45 heavy (non-hydrogen) atoms. The first-order valence-corrected chi connectivity index (χ1v) is 14.3. The Morgan fingerprint density at radius 3 is 1.60 bits per heavy atom. The first-order valence-electron chi connectivity index (χ1n) is 14.3. The monoisotopic (exact) mass is 643 g/mol. The molecule has 2 aromatic carbocycles. The van der Waals surface area contributed by atoms with Crippen molar-refractivity contribution >= 4 is 23.3 Å². The van der Waals surface area contributed by atoms with E-state index >= 15 is 0 Å². The van der Waals surface area contributed by atoms with Crippen molar-refractivity contribution < 1.29 is 60.7 Å². The maximum atomic E-state index is 13.0. The number of hydrogen-bond donors (Lipinski definition) is 1. The van der Waals surface area contributed by atoms with Crippen molar-refractivity contribution in [1.29, 1.82) is 0 Å². The molecule has 0 aliphatic carbocycles. The maximum absolute atomic E-state index is 13.0. The number of halogens is 3. The molecule has 250 valence electrons. The van der Waals surface area contributed by atoms with Crippen molar-refractivity contribution in [2.75, 3.05) is 97.8 Å². The van der Waals surface area contributed by atoms with Crippen LogP contribution in [-0.2, 0) is 48.9 Å². The molecule has 14 heteroatoms. The van der Waals surface area contributed by atoms with Crippen molar-refractivity contribution in [2.45, 2.75) is 6.18 Å². The number of esters is 2. The average molecular weight is 644 g/mol. The molecule has 1 N–H and O–H groups in total. The average Bonchev–Trinajstić information content (AvgIpc) is 3.03. The smallest absolute Gasteiger partial charge is 0.416 e. The summed E-state index contributed by atoms with van der Waals surface area (Å²) in [7, 11) is 0. The van der Waals surface area contributed by atoms with Gasteiger partial charge >= 0.3 is 18.1 Å². The zero-order valence-electron chi connectivity index (χ0n) is 25.0. The van der Waals surface area contributed by atoms with Gasteiger partial charge in [0.25, 0.3) is 0 Å². The van der Waals surface area contributed by atoms with Gasteiger partial charge in [0.1, 0.15) is 13.2 Å². The lowest BCUT2D eigenvalue weighted by Crippen LogP contribution is -2.16. The van der Waals surface area contributed by atoms with Crippen molar-refractivity contribution in [2.24, 2.45) is 0 Å². The van der Waals surface area contributed by atoms with Crippen molar-refractivity contribution in [3.63, 3.8) is 0 Å². The summed E-state index contributed by atoms with van der Waals surface area (Å²) >= 11 is 0. The molecular weight excluding hydrogens is 603 g/mol. The summed E-state index contributed by atoms with van der Waals surface area (Å²) in [5.41, 5.74) is -0.106. The molecule has 0 aliphatic heterocycles. The predicted octanol–water partition coefficient (Wildman–Crippen LogP) is 4.43. The lowest BCUT2D eigenvalue weighted by atomic mass is 10.1. The molecule has 0 saturated carbocycles. The summed E-state index contributed by atoms with van der Waals surface area (Å²) in [6.07, 6.45) is -3.38. The molecule has 2 rings (SSSR count). The molecule has 0 radical (unpaired) electrons. The third-order valence-corrected chi connectivity index (χ3v) is 5.58. The Balaban J connectivity index is 1.41. The summed E-state index contributed by atoms with van der Waals surface area (Å²) in [5.74, 6) is -1.12.